The highest BCUT2D eigenvalue weighted by atomic mass is 16.5. The molecule has 0 radical (unpaired) electrons. The van der Waals surface area contributed by atoms with Crippen molar-refractivity contribution in [3.8, 4) is 34.5 Å². The summed E-state index contributed by atoms with van der Waals surface area (Å²) in [4.78, 5) is 0. The van der Waals surface area contributed by atoms with Crippen molar-refractivity contribution < 1.29 is 28.4 Å². The van der Waals surface area contributed by atoms with Crippen molar-refractivity contribution in [2.75, 3.05) is 40.1 Å². The van der Waals surface area contributed by atoms with Crippen LogP contribution < -0.4 is 28.4 Å². The van der Waals surface area contributed by atoms with Crippen LogP contribution in [0.2, 0.25) is 0 Å². The SMILES string of the molecule is C=CCOc1cc2c(cc1OC)c1cc(OCCCC)c(OCCCC)cc1c1cc(OCCCC)c(OCCCC)cc21. The molecule has 6 heteroatoms. The Morgan fingerprint density at radius 1 is 0.455 bits per heavy atom. The summed E-state index contributed by atoms with van der Waals surface area (Å²) in [6.07, 6.45) is 9.86. The minimum atomic E-state index is 0.377. The van der Waals surface area contributed by atoms with Crippen LogP contribution in [0.1, 0.15) is 79.1 Å². The Balaban J connectivity index is 2.06. The van der Waals surface area contributed by atoms with Gasteiger partial charge in [0.05, 0.1) is 33.5 Å². The van der Waals surface area contributed by atoms with Crippen molar-refractivity contribution in [2.24, 2.45) is 0 Å². The summed E-state index contributed by atoms with van der Waals surface area (Å²) in [6.45, 7) is 15.4. The first kappa shape index (κ1) is 33.1. The van der Waals surface area contributed by atoms with Crippen molar-refractivity contribution in [1.82, 2.24) is 0 Å². The molecule has 0 heterocycles. The lowest BCUT2D eigenvalue weighted by molar-refractivity contribution is 0.262. The smallest absolute Gasteiger partial charge is 0.162 e. The predicted octanol–water partition coefficient (Wildman–Crippen LogP) is 10.4. The van der Waals surface area contributed by atoms with Crippen molar-refractivity contribution >= 4 is 32.3 Å². The first-order valence-corrected chi connectivity index (χ1v) is 16.4. The summed E-state index contributed by atoms with van der Waals surface area (Å²) in [7, 11) is 1.67. The lowest BCUT2D eigenvalue weighted by Gasteiger charge is -2.20. The van der Waals surface area contributed by atoms with E-state index in [0.717, 1.165) is 107 Å². The minimum Gasteiger partial charge on any atom is -0.493 e. The third-order valence-corrected chi connectivity index (χ3v) is 7.72. The Hall–Kier alpha value is -3.80. The Morgan fingerprint density at radius 2 is 0.727 bits per heavy atom. The standard InChI is InChI=1S/C38H50O6/c1-7-12-17-41-35-23-29-27-21-33(39-6)34(40-16-11-5)22-28(27)30-24-36(42-18-13-8-2)38(44-20-15-10-4)26-32(30)31(29)25-37(35)43-19-14-9-3/h11,21-26H,5,7-10,12-20H2,1-4,6H3. The molecule has 0 aliphatic rings. The summed E-state index contributed by atoms with van der Waals surface area (Å²) in [6, 6.07) is 12.6. The number of benzene rings is 4. The third kappa shape index (κ3) is 7.82. The van der Waals surface area contributed by atoms with Crippen LogP contribution in [0.4, 0.5) is 0 Å². The van der Waals surface area contributed by atoms with Gasteiger partial charge in [-0.1, -0.05) is 66.0 Å². The van der Waals surface area contributed by atoms with Crippen molar-refractivity contribution in [2.45, 2.75) is 79.1 Å². The maximum atomic E-state index is 6.35. The molecule has 0 atom stereocenters. The van der Waals surface area contributed by atoms with E-state index in [2.05, 4.69) is 70.7 Å². The van der Waals surface area contributed by atoms with Gasteiger partial charge in [-0.15, -0.1) is 0 Å². The van der Waals surface area contributed by atoms with E-state index in [1.807, 2.05) is 0 Å². The zero-order valence-electron chi connectivity index (χ0n) is 27.4. The second-order valence-electron chi connectivity index (χ2n) is 11.1. The van der Waals surface area contributed by atoms with Crippen molar-refractivity contribution in [1.29, 1.82) is 0 Å². The molecule has 44 heavy (non-hydrogen) atoms. The number of methoxy groups -OCH3 is 1. The van der Waals surface area contributed by atoms with Gasteiger partial charge in [0.1, 0.15) is 6.61 Å². The Labute approximate surface area is 263 Å². The van der Waals surface area contributed by atoms with Gasteiger partial charge in [-0.25, -0.2) is 0 Å². The molecule has 6 nitrogen and oxygen atoms in total. The van der Waals surface area contributed by atoms with Gasteiger partial charge < -0.3 is 28.4 Å². The van der Waals surface area contributed by atoms with Gasteiger partial charge in [0.2, 0.25) is 0 Å². The topological polar surface area (TPSA) is 55.4 Å². The van der Waals surface area contributed by atoms with Gasteiger partial charge in [-0.05, 0) is 94.4 Å². The number of hydrogen-bond acceptors (Lipinski definition) is 6. The monoisotopic (exact) mass is 602 g/mol. The lowest BCUT2D eigenvalue weighted by atomic mass is 9.93. The highest BCUT2D eigenvalue weighted by Gasteiger charge is 2.20. The molecule has 238 valence electrons. The van der Waals surface area contributed by atoms with Gasteiger partial charge in [0.15, 0.2) is 34.5 Å². The van der Waals surface area contributed by atoms with E-state index in [1.54, 1.807) is 13.2 Å². The molecule has 0 spiro atoms. The van der Waals surface area contributed by atoms with Crippen LogP contribution in [0.5, 0.6) is 34.5 Å². The lowest BCUT2D eigenvalue weighted by Crippen LogP contribution is -2.04. The van der Waals surface area contributed by atoms with E-state index >= 15 is 0 Å². The largest absolute Gasteiger partial charge is 0.493 e. The summed E-state index contributed by atoms with van der Waals surface area (Å²) >= 11 is 0. The average molecular weight is 603 g/mol. The molecular formula is C38H50O6. The fourth-order valence-electron chi connectivity index (χ4n) is 5.19. The van der Waals surface area contributed by atoms with E-state index in [1.165, 1.54) is 0 Å². The van der Waals surface area contributed by atoms with E-state index in [4.69, 9.17) is 28.4 Å². The van der Waals surface area contributed by atoms with Crippen LogP contribution in [0, 0.1) is 0 Å². The predicted molar refractivity (Wildman–Crippen MR) is 183 cm³/mol. The van der Waals surface area contributed by atoms with Crippen LogP contribution in [-0.2, 0) is 0 Å². The van der Waals surface area contributed by atoms with Gasteiger partial charge in [0, 0.05) is 0 Å². The molecule has 0 bridgehead atoms. The Bertz CT molecular complexity index is 1530. The van der Waals surface area contributed by atoms with Gasteiger partial charge in [-0.2, -0.15) is 0 Å². The first-order valence-electron chi connectivity index (χ1n) is 16.4. The molecule has 0 aliphatic heterocycles. The molecule has 4 aromatic carbocycles. The number of ether oxygens (including phenoxy) is 6. The van der Waals surface area contributed by atoms with Crippen LogP contribution in [0.3, 0.4) is 0 Å². The quantitative estimate of drug-likeness (QED) is 0.0570. The second kappa shape index (κ2) is 16.9. The molecule has 4 rings (SSSR count). The highest BCUT2D eigenvalue weighted by Crippen LogP contribution is 2.47. The van der Waals surface area contributed by atoms with Gasteiger partial charge in [0.25, 0.3) is 0 Å². The number of hydrogen-bond donors (Lipinski definition) is 0. The molecule has 0 saturated carbocycles. The summed E-state index contributed by atoms with van der Waals surface area (Å²) in [5.41, 5.74) is 0. The molecule has 0 saturated heterocycles. The second-order valence-corrected chi connectivity index (χ2v) is 11.1. The van der Waals surface area contributed by atoms with E-state index in [9.17, 15) is 0 Å². The first-order chi connectivity index (χ1) is 21.6. The molecule has 0 fully saturated rings. The van der Waals surface area contributed by atoms with E-state index in [-0.39, 0.29) is 0 Å². The van der Waals surface area contributed by atoms with E-state index in [0.29, 0.717) is 44.5 Å². The minimum absolute atomic E-state index is 0.377. The van der Waals surface area contributed by atoms with Crippen molar-refractivity contribution in [3.05, 3.63) is 49.1 Å². The summed E-state index contributed by atoms with van der Waals surface area (Å²) in [5, 5.41) is 6.29. The summed E-state index contributed by atoms with van der Waals surface area (Å²) in [5.74, 6) is 4.36. The third-order valence-electron chi connectivity index (χ3n) is 7.72. The zero-order chi connectivity index (χ0) is 31.3. The maximum Gasteiger partial charge on any atom is 0.162 e. The highest BCUT2D eigenvalue weighted by molar-refractivity contribution is 6.26. The molecule has 4 aromatic rings. The molecule has 0 unspecified atom stereocenters. The average Bonchev–Trinajstić information content (AvgIpc) is 3.04. The normalized spacial score (nSPS) is 11.2. The van der Waals surface area contributed by atoms with Gasteiger partial charge >= 0.3 is 0 Å². The van der Waals surface area contributed by atoms with Gasteiger partial charge in [-0.3, -0.25) is 0 Å². The fraction of sp³-hybridized carbons (Fsp3) is 0.474. The number of rotatable bonds is 20. The summed E-state index contributed by atoms with van der Waals surface area (Å²) < 4.78 is 37.3. The molecule has 0 aliphatic carbocycles. The fourth-order valence-corrected chi connectivity index (χ4v) is 5.19. The maximum absolute atomic E-state index is 6.35. The van der Waals surface area contributed by atoms with Crippen LogP contribution in [-0.4, -0.2) is 40.1 Å². The molecule has 0 N–H and O–H groups in total. The Kier molecular flexibility index (Phi) is 12.7. The number of fused-ring (bicyclic) bond motifs is 6. The van der Waals surface area contributed by atoms with Crippen LogP contribution in [0.25, 0.3) is 32.3 Å². The Morgan fingerprint density at radius 3 is 0.977 bits per heavy atom. The zero-order valence-corrected chi connectivity index (χ0v) is 27.4. The van der Waals surface area contributed by atoms with E-state index < -0.39 is 0 Å². The molecule has 0 amide bonds. The van der Waals surface area contributed by atoms with Crippen molar-refractivity contribution in [3.63, 3.8) is 0 Å². The van der Waals surface area contributed by atoms with Crippen LogP contribution in [0.15, 0.2) is 49.1 Å². The number of unbranched alkanes of at least 4 members (excludes halogenated alkanes) is 4. The molecular weight excluding hydrogens is 552 g/mol. The van der Waals surface area contributed by atoms with Crippen LogP contribution >= 0.6 is 0 Å². The molecule has 0 aromatic heterocycles.